The van der Waals surface area contributed by atoms with Crippen LogP contribution in [0.2, 0.25) is 0 Å². The summed E-state index contributed by atoms with van der Waals surface area (Å²) in [5.74, 6) is -1.16. The number of aromatic nitrogens is 3. The number of hydrogen-bond acceptors (Lipinski definition) is 5. The topological polar surface area (TPSA) is 106 Å². The van der Waals surface area contributed by atoms with Crippen LogP contribution in [-0.2, 0) is 16.0 Å². The SMILES string of the molecule is COCCNC(=O)C(C)n1nnc(C(=O)O)c1CC(C)C. The summed E-state index contributed by atoms with van der Waals surface area (Å²) in [5, 5.41) is 19.4. The Labute approximate surface area is 123 Å². The van der Waals surface area contributed by atoms with Crippen LogP contribution in [0.15, 0.2) is 0 Å². The van der Waals surface area contributed by atoms with Gasteiger partial charge in [0.05, 0.1) is 12.3 Å². The second kappa shape index (κ2) is 7.72. The monoisotopic (exact) mass is 298 g/mol. The van der Waals surface area contributed by atoms with E-state index >= 15 is 0 Å². The average molecular weight is 298 g/mol. The van der Waals surface area contributed by atoms with Crippen LogP contribution in [0.4, 0.5) is 0 Å². The molecule has 1 heterocycles. The van der Waals surface area contributed by atoms with Crippen molar-refractivity contribution in [3.05, 3.63) is 11.4 Å². The highest BCUT2D eigenvalue weighted by Crippen LogP contribution is 2.16. The number of carboxylic acid groups (broad SMARTS) is 1. The third-order valence-corrected chi connectivity index (χ3v) is 2.95. The molecular formula is C13H22N4O4. The van der Waals surface area contributed by atoms with Crippen molar-refractivity contribution in [2.75, 3.05) is 20.3 Å². The lowest BCUT2D eigenvalue weighted by Crippen LogP contribution is -2.34. The predicted octanol–water partition coefficient (Wildman–Crippen LogP) is 0.498. The second-order valence-corrected chi connectivity index (χ2v) is 5.19. The quantitative estimate of drug-likeness (QED) is 0.677. The van der Waals surface area contributed by atoms with Gasteiger partial charge in [0.15, 0.2) is 5.69 Å². The Balaban J connectivity index is 2.95. The molecule has 0 aliphatic heterocycles. The van der Waals surface area contributed by atoms with E-state index in [1.165, 1.54) is 4.68 Å². The normalized spacial score (nSPS) is 12.4. The van der Waals surface area contributed by atoms with Crippen molar-refractivity contribution in [1.82, 2.24) is 20.3 Å². The van der Waals surface area contributed by atoms with Gasteiger partial charge in [-0.1, -0.05) is 19.1 Å². The van der Waals surface area contributed by atoms with Crippen LogP contribution in [0, 0.1) is 5.92 Å². The summed E-state index contributed by atoms with van der Waals surface area (Å²) in [6, 6.07) is -0.629. The molecule has 1 aromatic heterocycles. The summed E-state index contributed by atoms with van der Waals surface area (Å²) in [7, 11) is 1.55. The zero-order chi connectivity index (χ0) is 16.0. The fraction of sp³-hybridized carbons (Fsp3) is 0.692. The molecule has 0 aliphatic rings. The first-order valence-electron chi connectivity index (χ1n) is 6.82. The summed E-state index contributed by atoms with van der Waals surface area (Å²) >= 11 is 0. The summed E-state index contributed by atoms with van der Waals surface area (Å²) in [6.45, 7) is 6.39. The lowest BCUT2D eigenvalue weighted by atomic mass is 10.1. The van der Waals surface area contributed by atoms with E-state index in [4.69, 9.17) is 9.84 Å². The van der Waals surface area contributed by atoms with Crippen LogP contribution >= 0.6 is 0 Å². The van der Waals surface area contributed by atoms with E-state index in [0.717, 1.165) is 0 Å². The minimum absolute atomic E-state index is 0.0970. The molecule has 1 unspecified atom stereocenters. The largest absolute Gasteiger partial charge is 0.476 e. The fourth-order valence-electron chi connectivity index (χ4n) is 1.90. The molecule has 0 aromatic carbocycles. The number of rotatable bonds is 8. The number of ether oxygens (including phenoxy) is 1. The van der Waals surface area contributed by atoms with Gasteiger partial charge in [-0.3, -0.25) is 4.79 Å². The molecule has 1 atom stereocenters. The lowest BCUT2D eigenvalue weighted by molar-refractivity contribution is -0.124. The van der Waals surface area contributed by atoms with Gasteiger partial charge in [-0.2, -0.15) is 0 Å². The maximum absolute atomic E-state index is 12.0. The fourth-order valence-corrected chi connectivity index (χ4v) is 1.90. The van der Waals surface area contributed by atoms with E-state index in [0.29, 0.717) is 25.3 Å². The Morgan fingerprint density at radius 3 is 2.57 bits per heavy atom. The van der Waals surface area contributed by atoms with Gasteiger partial charge in [0.25, 0.3) is 0 Å². The van der Waals surface area contributed by atoms with Gasteiger partial charge in [0.2, 0.25) is 5.91 Å². The minimum Gasteiger partial charge on any atom is -0.476 e. The molecule has 2 N–H and O–H groups in total. The molecule has 0 bridgehead atoms. The third kappa shape index (κ3) is 4.52. The van der Waals surface area contributed by atoms with E-state index in [-0.39, 0.29) is 17.5 Å². The molecule has 1 amide bonds. The Morgan fingerprint density at radius 1 is 1.38 bits per heavy atom. The Morgan fingerprint density at radius 2 is 2.05 bits per heavy atom. The number of methoxy groups -OCH3 is 1. The Kier molecular flexibility index (Phi) is 6.29. The average Bonchev–Trinajstić information content (AvgIpc) is 2.80. The zero-order valence-corrected chi connectivity index (χ0v) is 12.8. The first-order chi connectivity index (χ1) is 9.88. The molecule has 0 spiro atoms. The van der Waals surface area contributed by atoms with Gasteiger partial charge >= 0.3 is 5.97 Å². The van der Waals surface area contributed by atoms with Gasteiger partial charge in [0, 0.05) is 13.7 Å². The van der Waals surface area contributed by atoms with E-state index in [9.17, 15) is 9.59 Å². The van der Waals surface area contributed by atoms with Crippen molar-refractivity contribution in [3.8, 4) is 0 Å². The summed E-state index contributed by atoms with van der Waals surface area (Å²) in [5.41, 5.74) is 0.368. The van der Waals surface area contributed by atoms with Gasteiger partial charge in [-0.25, -0.2) is 9.48 Å². The van der Waals surface area contributed by atoms with Crippen LogP contribution < -0.4 is 5.32 Å². The van der Waals surface area contributed by atoms with Gasteiger partial charge in [-0.05, 0) is 19.3 Å². The molecule has 1 aromatic rings. The van der Waals surface area contributed by atoms with Gasteiger partial charge in [-0.15, -0.1) is 5.10 Å². The van der Waals surface area contributed by atoms with E-state index in [1.807, 2.05) is 13.8 Å². The molecular weight excluding hydrogens is 276 g/mol. The maximum Gasteiger partial charge on any atom is 0.358 e. The van der Waals surface area contributed by atoms with Crippen LogP contribution in [-0.4, -0.2) is 52.2 Å². The highest BCUT2D eigenvalue weighted by Gasteiger charge is 2.25. The molecule has 0 saturated carbocycles. The third-order valence-electron chi connectivity index (χ3n) is 2.95. The summed E-state index contributed by atoms with van der Waals surface area (Å²) in [6.07, 6.45) is 0.490. The van der Waals surface area contributed by atoms with Gasteiger partial charge < -0.3 is 15.2 Å². The highest BCUT2D eigenvalue weighted by molar-refractivity contribution is 5.87. The van der Waals surface area contributed by atoms with Crippen LogP contribution in [0.25, 0.3) is 0 Å². The molecule has 0 fully saturated rings. The van der Waals surface area contributed by atoms with Crippen molar-refractivity contribution >= 4 is 11.9 Å². The van der Waals surface area contributed by atoms with Crippen molar-refractivity contribution in [3.63, 3.8) is 0 Å². The highest BCUT2D eigenvalue weighted by atomic mass is 16.5. The lowest BCUT2D eigenvalue weighted by Gasteiger charge is -2.15. The smallest absolute Gasteiger partial charge is 0.358 e. The predicted molar refractivity (Wildman–Crippen MR) is 75.1 cm³/mol. The first kappa shape index (κ1) is 17.1. The molecule has 21 heavy (non-hydrogen) atoms. The van der Waals surface area contributed by atoms with E-state index < -0.39 is 12.0 Å². The van der Waals surface area contributed by atoms with Crippen molar-refractivity contribution < 1.29 is 19.4 Å². The number of carboxylic acids is 1. The second-order valence-electron chi connectivity index (χ2n) is 5.19. The number of amides is 1. The standard InChI is InChI=1S/C13H22N4O4/c1-8(2)7-10-11(13(19)20)15-16-17(10)9(3)12(18)14-5-6-21-4/h8-9H,5-7H2,1-4H3,(H,14,18)(H,19,20). The molecule has 0 saturated heterocycles. The number of nitrogens with one attached hydrogen (secondary N) is 1. The number of aromatic carboxylic acids is 1. The van der Waals surface area contributed by atoms with Gasteiger partial charge in [0.1, 0.15) is 6.04 Å². The van der Waals surface area contributed by atoms with Crippen LogP contribution in [0.5, 0.6) is 0 Å². The Bertz CT molecular complexity index is 498. The zero-order valence-electron chi connectivity index (χ0n) is 12.8. The molecule has 0 radical (unpaired) electrons. The van der Waals surface area contributed by atoms with E-state index in [1.54, 1.807) is 14.0 Å². The molecule has 8 nitrogen and oxygen atoms in total. The number of nitrogens with zero attached hydrogens (tertiary/aromatic N) is 3. The summed E-state index contributed by atoms with van der Waals surface area (Å²) in [4.78, 5) is 23.2. The number of carbonyl (C=O) groups is 2. The van der Waals surface area contributed by atoms with Crippen molar-refractivity contribution in [2.45, 2.75) is 33.2 Å². The first-order valence-corrected chi connectivity index (χ1v) is 6.82. The molecule has 0 aliphatic carbocycles. The van der Waals surface area contributed by atoms with Crippen molar-refractivity contribution in [2.24, 2.45) is 5.92 Å². The molecule has 1 rings (SSSR count). The van der Waals surface area contributed by atoms with Crippen molar-refractivity contribution in [1.29, 1.82) is 0 Å². The van der Waals surface area contributed by atoms with E-state index in [2.05, 4.69) is 15.6 Å². The molecule has 118 valence electrons. The van der Waals surface area contributed by atoms with Crippen LogP contribution in [0.1, 0.15) is 43.0 Å². The Hall–Kier alpha value is -1.96. The molecule has 8 heteroatoms. The van der Waals surface area contributed by atoms with Crippen LogP contribution in [0.3, 0.4) is 0 Å². The number of carbonyl (C=O) groups excluding carboxylic acids is 1. The number of hydrogen-bond donors (Lipinski definition) is 2. The maximum atomic E-state index is 12.0. The minimum atomic E-state index is -1.14. The summed E-state index contributed by atoms with van der Waals surface area (Å²) < 4.78 is 6.24.